The number of rotatable bonds is 2. The van der Waals surface area contributed by atoms with E-state index < -0.39 is 16.2 Å². The second kappa shape index (κ2) is 5.11. The first-order valence-electron chi connectivity index (χ1n) is 6.83. The first kappa shape index (κ1) is 15.4. The monoisotopic (exact) mass is 299 g/mol. The fourth-order valence-corrected chi connectivity index (χ4v) is 4.76. The van der Waals surface area contributed by atoms with Crippen LogP contribution in [0.1, 0.15) is 31.4 Å². The van der Waals surface area contributed by atoms with Crippen LogP contribution >= 0.6 is 0 Å². The molecule has 0 amide bonds. The normalized spacial score (nSPS) is 23.8. The lowest BCUT2D eigenvalue weighted by Crippen LogP contribution is -2.48. The molecule has 20 heavy (non-hydrogen) atoms. The van der Waals surface area contributed by atoms with Gasteiger partial charge in [-0.3, -0.25) is 0 Å². The van der Waals surface area contributed by atoms with Crippen LogP contribution in [0.2, 0.25) is 0 Å². The van der Waals surface area contributed by atoms with E-state index in [9.17, 15) is 12.8 Å². The van der Waals surface area contributed by atoms with Crippen LogP contribution in [-0.2, 0) is 10.0 Å². The molecular formula is C15H22FNO2S. The van der Waals surface area contributed by atoms with E-state index in [4.69, 9.17) is 0 Å². The maximum atomic E-state index is 13.8. The van der Waals surface area contributed by atoms with Gasteiger partial charge in [-0.25, -0.2) is 12.8 Å². The highest BCUT2D eigenvalue weighted by Crippen LogP contribution is 2.34. The van der Waals surface area contributed by atoms with Crippen molar-refractivity contribution in [2.24, 2.45) is 5.41 Å². The number of benzene rings is 1. The minimum absolute atomic E-state index is 0.0426. The summed E-state index contributed by atoms with van der Waals surface area (Å²) in [7, 11) is -3.62. The molecule has 1 aromatic carbocycles. The highest BCUT2D eigenvalue weighted by Gasteiger charge is 2.39. The first-order chi connectivity index (χ1) is 9.12. The second-order valence-electron chi connectivity index (χ2n) is 6.53. The Balaban J connectivity index is 2.39. The zero-order valence-electron chi connectivity index (χ0n) is 12.5. The third-order valence-electron chi connectivity index (χ3n) is 3.73. The van der Waals surface area contributed by atoms with Crippen molar-refractivity contribution in [1.82, 2.24) is 4.31 Å². The number of hydrogen-bond donors (Lipinski definition) is 0. The van der Waals surface area contributed by atoms with Gasteiger partial charge in [0.15, 0.2) is 0 Å². The van der Waals surface area contributed by atoms with Crippen LogP contribution in [0.3, 0.4) is 0 Å². The lowest BCUT2D eigenvalue weighted by atomic mass is 9.84. The number of piperidine rings is 1. The number of alkyl halides is 1. The van der Waals surface area contributed by atoms with E-state index >= 15 is 0 Å². The van der Waals surface area contributed by atoms with Gasteiger partial charge in [0.25, 0.3) is 0 Å². The average Bonchev–Trinajstić information content (AvgIpc) is 2.25. The predicted octanol–water partition coefficient (Wildman–Crippen LogP) is 3.06. The van der Waals surface area contributed by atoms with E-state index in [1.54, 1.807) is 19.1 Å². The maximum absolute atomic E-state index is 13.8. The second-order valence-corrected chi connectivity index (χ2v) is 8.44. The SMILES string of the molecule is Cc1ccc(S(=O)(=O)N2C[C@H](F)CC(C)(C)C2)c(C)c1. The van der Waals surface area contributed by atoms with Crippen LogP contribution in [0.5, 0.6) is 0 Å². The molecule has 0 radical (unpaired) electrons. The molecular weight excluding hydrogens is 277 g/mol. The molecule has 1 atom stereocenters. The Labute approximate surface area is 120 Å². The van der Waals surface area contributed by atoms with Gasteiger partial charge in [-0.05, 0) is 37.3 Å². The van der Waals surface area contributed by atoms with Crippen molar-refractivity contribution in [1.29, 1.82) is 0 Å². The van der Waals surface area contributed by atoms with Crippen molar-refractivity contribution in [3.63, 3.8) is 0 Å². The molecule has 0 aliphatic carbocycles. The Kier molecular flexibility index (Phi) is 3.95. The lowest BCUT2D eigenvalue weighted by molar-refractivity contribution is 0.101. The zero-order chi connectivity index (χ0) is 15.1. The van der Waals surface area contributed by atoms with Crippen molar-refractivity contribution < 1.29 is 12.8 Å². The molecule has 0 bridgehead atoms. The number of aryl methyl sites for hydroxylation is 2. The molecule has 2 rings (SSSR count). The highest BCUT2D eigenvalue weighted by atomic mass is 32.2. The Bertz CT molecular complexity index is 610. The van der Waals surface area contributed by atoms with E-state index in [-0.39, 0.29) is 16.9 Å². The Morgan fingerprint density at radius 1 is 1.30 bits per heavy atom. The molecule has 1 fully saturated rings. The summed E-state index contributed by atoms with van der Waals surface area (Å²) < 4.78 is 40.5. The highest BCUT2D eigenvalue weighted by molar-refractivity contribution is 7.89. The zero-order valence-corrected chi connectivity index (χ0v) is 13.3. The van der Waals surface area contributed by atoms with Crippen molar-refractivity contribution in [3.05, 3.63) is 29.3 Å². The molecule has 1 heterocycles. The summed E-state index contributed by atoms with van der Waals surface area (Å²) in [5, 5.41) is 0. The van der Waals surface area contributed by atoms with Crippen LogP contribution in [0.4, 0.5) is 4.39 Å². The fraction of sp³-hybridized carbons (Fsp3) is 0.600. The molecule has 1 aliphatic heterocycles. The third-order valence-corrected chi connectivity index (χ3v) is 5.70. The number of nitrogens with zero attached hydrogens (tertiary/aromatic N) is 1. The molecule has 5 heteroatoms. The van der Waals surface area contributed by atoms with Gasteiger partial charge >= 0.3 is 0 Å². The molecule has 1 saturated heterocycles. The van der Waals surface area contributed by atoms with E-state index in [2.05, 4.69) is 0 Å². The van der Waals surface area contributed by atoms with E-state index in [0.717, 1.165) is 5.56 Å². The summed E-state index contributed by atoms with van der Waals surface area (Å²) in [5.41, 5.74) is 1.40. The standard InChI is InChI=1S/C15H22FNO2S/c1-11-5-6-14(12(2)7-11)20(18,19)17-9-13(16)8-15(3,4)10-17/h5-7,13H,8-10H2,1-4H3/t13-/m1/s1. The first-order valence-corrected chi connectivity index (χ1v) is 8.27. The predicted molar refractivity (Wildman–Crippen MR) is 78.0 cm³/mol. The Morgan fingerprint density at radius 2 is 1.95 bits per heavy atom. The van der Waals surface area contributed by atoms with Gasteiger partial charge in [-0.1, -0.05) is 31.5 Å². The van der Waals surface area contributed by atoms with Crippen LogP contribution in [0.15, 0.2) is 23.1 Å². The minimum atomic E-state index is -3.62. The maximum Gasteiger partial charge on any atom is 0.243 e. The Hall–Kier alpha value is -0.940. The fourth-order valence-electron chi connectivity index (χ4n) is 2.90. The van der Waals surface area contributed by atoms with E-state index in [0.29, 0.717) is 18.5 Å². The summed E-state index contributed by atoms with van der Waals surface area (Å²) >= 11 is 0. The number of sulfonamides is 1. The van der Waals surface area contributed by atoms with Gasteiger partial charge < -0.3 is 0 Å². The summed E-state index contributed by atoms with van der Waals surface area (Å²) in [6, 6.07) is 5.24. The molecule has 1 aromatic rings. The molecule has 0 saturated carbocycles. The van der Waals surface area contributed by atoms with Crippen LogP contribution in [0, 0.1) is 19.3 Å². The minimum Gasteiger partial charge on any atom is -0.246 e. The average molecular weight is 299 g/mol. The molecule has 0 N–H and O–H groups in total. The van der Waals surface area contributed by atoms with Crippen molar-refractivity contribution in [2.45, 2.75) is 45.2 Å². The smallest absolute Gasteiger partial charge is 0.243 e. The Morgan fingerprint density at radius 3 is 2.50 bits per heavy atom. The van der Waals surface area contributed by atoms with Gasteiger partial charge in [-0.15, -0.1) is 0 Å². The quantitative estimate of drug-likeness (QED) is 0.841. The van der Waals surface area contributed by atoms with Crippen LogP contribution in [-0.4, -0.2) is 32.0 Å². The van der Waals surface area contributed by atoms with Crippen LogP contribution in [0.25, 0.3) is 0 Å². The van der Waals surface area contributed by atoms with Crippen molar-refractivity contribution >= 4 is 10.0 Å². The van der Waals surface area contributed by atoms with Crippen LogP contribution < -0.4 is 0 Å². The van der Waals surface area contributed by atoms with Gasteiger partial charge in [0.2, 0.25) is 10.0 Å². The molecule has 112 valence electrons. The van der Waals surface area contributed by atoms with E-state index in [1.807, 2.05) is 26.8 Å². The summed E-state index contributed by atoms with van der Waals surface area (Å²) in [5.74, 6) is 0. The van der Waals surface area contributed by atoms with Crippen molar-refractivity contribution in [2.75, 3.05) is 13.1 Å². The topological polar surface area (TPSA) is 37.4 Å². The third kappa shape index (κ3) is 3.04. The molecule has 3 nitrogen and oxygen atoms in total. The summed E-state index contributed by atoms with van der Waals surface area (Å²) in [6.07, 6.45) is -0.689. The number of hydrogen-bond acceptors (Lipinski definition) is 2. The molecule has 0 spiro atoms. The lowest BCUT2D eigenvalue weighted by Gasteiger charge is -2.39. The van der Waals surface area contributed by atoms with E-state index in [1.165, 1.54) is 4.31 Å². The summed E-state index contributed by atoms with van der Waals surface area (Å²) in [4.78, 5) is 0.285. The molecule has 0 unspecified atom stereocenters. The number of halogens is 1. The summed E-state index contributed by atoms with van der Waals surface area (Å²) in [6.45, 7) is 7.83. The van der Waals surface area contributed by atoms with Gasteiger partial charge in [0, 0.05) is 13.1 Å². The van der Waals surface area contributed by atoms with Gasteiger partial charge in [-0.2, -0.15) is 4.31 Å². The van der Waals surface area contributed by atoms with Crippen molar-refractivity contribution in [3.8, 4) is 0 Å². The molecule has 0 aromatic heterocycles. The van der Waals surface area contributed by atoms with Gasteiger partial charge in [0.05, 0.1) is 4.90 Å². The largest absolute Gasteiger partial charge is 0.246 e. The van der Waals surface area contributed by atoms with Gasteiger partial charge in [0.1, 0.15) is 6.17 Å². The molecule has 1 aliphatic rings.